The summed E-state index contributed by atoms with van der Waals surface area (Å²) in [4.78, 5) is 12.4. The van der Waals surface area contributed by atoms with Crippen LogP contribution in [0.3, 0.4) is 0 Å². The van der Waals surface area contributed by atoms with Gasteiger partial charge in [-0.05, 0) is 44.0 Å². The first-order chi connectivity index (χ1) is 11.5. The summed E-state index contributed by atoms with van der Waals surface area (Å²) < 4.78 is 30.8. The van der Waals surface area contributed by atoms with E-state index in [1.54, 1.807) is 37.3 Å². The molecule has 7 heteroatoms. The summed E-state index contributed by atoms with van der Waals surface area (Å²) in [6.45, 7) is 6.38. The predicted molar refractivity (Wildman–Crippen MR) is 94.5 cm³/mol. The van der Waals surface area contributed by atoms with Crippen molar-refractivity contribution in [3.8, 4) is 5.75 Å². The maximum absolute atomic E-state index is 12.4. The van der Waals surface area contributed by atoms with Gasteiger partial charge in [0.25, 0.3) is 0 Å². The van der Waals surface area contributed by atoms with E-state index >= 15 is 0 Å². The highest BCUT2D eigenvalue weighted by Gasteiger charge is 2.31. The Morgan fingerprint density at radius 2 is 2.12 bits per heavy atom. The lowest BCUT2D eigenvalue weighted by molar-refractivity contribution is -0.120. The second-order valence-corrected chi connectivity index (χ2v) is 7.97. The molecule has 1 unspecified atom stereocenters. The fourth-order valence-electron chi connectivity index (χ4n) is 2.63. The molecule has 132 valence electrons. The van der Waals surface area contributed by atoms with Crippen molar-refractivity contribution < 1.29 is 17.9 Å². The fourth-order valence-corrected chi connectivity index (χ4v) is 3.81. The van der Waals surface area contributed by atoms with Crippen LogP contribution < -0.4 is 10.1 Å². The maximum atomic E-state index is 12.4. The number of anilines is 1. The second kappa shape index (κ2) is 8.30. The van der Waals surface area contributed by atoms with E-state index in [0.717, 1.165) is 0 Å². The molecule has 1 aliphatic heterocycles. The Labute approximate surface area is 143 Å². The largest absolute Gasteiger partial charge is 0.490 e. The molecule has 1 N–H and O–H groups in total. The number of piperidine rings is 1. The molecule has 1 atom stereocenters. The van der Waals surface area contributed by atoms with Crippen LogP contribution in [0.5, 0.6) is 5.75 Å². The third kappa shape index (κ3) is 4.82. The number of hydrogen-bond donors (Lipinski definition) is 1. The molecule has 0 radical (unpaired) electrons. The molecule has 0 bridgehead atoms. The van der Waals surface area contributed by atoms with Crippen LogP contribution in [-0.4, -0.2) is 44.1 Å². The zero-order valence-corrected chi connectivity index (χ0v) is 14.7. The van der Waals surface area contributed by atoms with E-state index in [0.29, 0.717) is 37.4 Å². The van der Waals surface area contributed by atoms with Crippen LogP contribution in [0.25, 0.3) is 0 Å². The maximum Gasteiger partial charge on any atom is 0.228 e. The number of nitrogens with zero attached hydrogens (tertiary/aromatic N) is 1. The van der Waals surface area contributed by atoms with Crippen LogP contribution in [0.2, 0.25) is 0 Å². The summed E-state index contributed by atoms with van der Waals surface area (Å²) in [6, 6.07) is 7.07. The molecule has 1 aromatic rings. The van der Waals surface area contributed by atoms with E-state index in [9.17, 15) is 13.2 Å². The number of sulfonamides is 1. The van der Waals surface area contributed by atoms with Gasteiger partial charge in [0.2, 0.25) is 15.9 Å². The summed E-state index contributed by atoms with van der Waals surface area (Å²) >= 11 is 0. The molecule has 1 aromatic carbocycles. The average Bonchev–Trinajstić information content (AvgIpc) is 2.61. The summed E-state index contributed by atoms with van der Waals surface area (Å²) in [7, 11) is -3.25. The highest BCUT2D eigenvalue weighted by Crippen LogP contribution is 2.22. The van der Waals surface area contributed by atoms with Crippen molar-refractivity contribution in [3.05, 3.63) is 36.9 Å². The van der Waals surface area contributed by atoms with Gasteiger partial charge in [-0.3, -0.25) is 4.79 Å². The predicted octanol–water partition coefficient (Wildman–Crippen LogP) is 2.25. The fraction of sp³-hybridized carbons (Fsp3) is 0.471. The quantitative estimate of drug-likeness (QED) is 0.764. The van der Waals surface area contributed by atoms with Gasteiger partial charge in [0.1, 0.15) is 12.4 Å². The van der Waals surface area contributed by atoms with Crippen LogP contribution in [0.15, 0.2) is 36.9 Å². The smallest absolute Gasteiger partial charge is 0.228 e. The minimum Gasteiger partial charge on any atom is -0.490 e. The average molecular weight is 352 g/mol. The normalized spacial score (nSPS) is 18.8. The van der Waals surface area contributed by atoms with Gasteiger partial charge in [-0.15, -0.1) is 0 Å². The first-order valence-electron chi connectivity index (χ1n) is 8.08. The molecule has 6 nitrogen and oxygen atoms in total. The van der Waals surface area contributed by atoms with Crippen LogP contribution >= 0.6 is 0 Å². The van der Waals surface area contributed by atoms with Crippen molar-refractivity contribution in [1.82, 2.24) is 4.31 Å². The summed E-state index contributed by atoms with van der Waals surface area (Å²) in [5.41, 5.74) is 0.668. The Balaban J connectivity index is 1.95. The number of ether oxygens (including phenoxy) is 1. The Morgan fingerprint density at radius 1 is 1.42 bits per heavy atom. The second-order valence-electron chi connectivity index (χ2n) is 5.71. The van der Waals surface area contributed by atoms with Gasteiger partial charge >= 0.3 is 0 Å². The Morgan fingerprint density at radius 3 is 2.75 bits per heavy atom. The van der Waals surface area contributed by atoms with Crippen molar-refractivity contribution in [2.45, 2.75) is 19.8 Å². The monoisotopic (exact) mass is 352 g/mol. The van der Waals surface area contributed by atoms with E-state index < -0.39 is 10.0 Å². The van der Waals surface area contributed by atoms with Crippen LogP contribution in [-0.2, 0) is 14.8 Å². The van der Waals surface area contributed by atoms with Gasteiger partial charge < -0.3 is 10.1 Å². The summed E-state index contributed by atoms with van der Waals surface area (Å²) in [6.07, 6.45) is 3.06. The molecule has 0 saturated carbocycles. The summed E-state index contributed by atoms with van der Waals surface area (Å²) in [5, 5.41) is 2.85. The van der Waals surface area contributed by atoms with E-state index in [-0.39, 0.29) is 24.1 Å². The standard InChI is InChI=1S/C17H24N2O4S/c1-3-12-23-16-9-7-15(8-10-16)18-17(20)14-6-5-11-19(13-14)24(21,22)4-2/h3,7-10,14H,1,4-6,11-13H2,2H3,(H,18,20). The molecule has 1 heterocycles. The summed E-state index contributed by atoms with van der Waals surface area (Å²) in [5.74, 6) is 0.293. The molecule has 1 aliphatic rings. The molecule has 1 saturated heterocycles. The molecule has 1 fully saturated rings. The minimum atomic E-state index is -3.25. The van der Waals surface area contributed by atoms with Crippen LogP contribution in [0, 0.1) is 5.92 Å². The molecular formula is C17H24N2O4S. The number of rotatable bonds is 7. The molecule has 1 amide bonds. The number of amides is 1. The Bertz CT molecular complexity index is 670. The topological polar surface area (TPSA) is 75.7 Å². The molecule has 0 aliphatic carbocycles. The van der Waals surface area contributed by atoms with Crippen molar-refractivity contribution >= 4 is 21.6 Å². The molecule has 24 heavy (non-hydrogen) atoms. The lowest BCUT2D eigenvalue weighted by atomic mass is 9.99. The van der Waals surface area contributed by atoms with Crippen molar-refractivity contribution in [3.63, 3.8) is 0 Å². The van der Waals surface area contributed by atoms with Crippen LogP contribution in [0.1, 0.15) is 19.8 Å². The first kappa shape index (κ1) is 18.5. The number of hydrogen-bond acceptors (Lipinski definition) is 4. The highest BCUT2D eigenvalue weighted by atomic mass is 32.2. The zero-order valence-electron chi connectivity index (χ0n) is 13.9. The molecule has 0 spiro atoms. The minimum absolute atomic E-state index is 0.0630. The van der Waals surface area contributed by atoms with Gasteiger partial charge in [0.15, 0.2) is 0 Å². The van der Waals surface area contributed by atoms with E-state index in [2.05, 4.69) is 11.9 Å². The zero-order chi connectivity index (χ0) is 17.6. The number of benzene rings is 1. The molecule has 0 aromatic heterocycles. The highest BCUT2D eigenvalue weighted by molar-refractivity contribution is 7.89. The Kier molecular flexibility index (Phi) is 6.39. The van der Waals surface area contributed by atoms with E-state index in [1.807, 2.05) is 0 Å². The lowest BCUT2D eigenvalue weighted by Crippen LogP contribution is -2.44. The third-order valence-corrected chi connectivity index (χ3v) is 5.85. The van der Waals surface area contributed by atoms with Crippen molar-refractivity contribution in [2.24, 2.45) is 5.92 Å². The number of nitrogens with one attached hydrogen (secondary N) is 1. The number of carbonyl (C=O) groups is 1. The SMILES string of the molecule is C=CCOc1ccc(NC(=O)C2CCCN(S(=O)(=O)CC)C2)cc1. The van der Waals surface area contributed by atoms with Gasteiger partial charge in [0.05, 0.1) is 11.7 Å². The van der Waals surface area contributed by atoms with Crippen molar-refractivity contribution in [2.75, 3.05) is 30.8 Å². The molecular weight excluding hydrogens is 328 g/mol. The Hall–Kier alpha value is -1.86. The van der Waals surface area contributed by atoms with E-state index in [4.69, 9.17) is 4.74 Å². The molecule has 2 rings (SSSR count). The van der Waals surface area contributed by atoms with Gasteiger partial charge in [-0.1, -0.05) is 12.7 Å². The van der Waals surface area contributed by atoms with Gasteiger partial charge in [0, 0.05) is 18.8 Å². The number of carbonyl (C=O) groups excluding carboxylic acids is 1. The lowest BCUT2D eigenvalue weighted by Gasteiger charge is -2.30. The van der Waals surface area contributed by atoms with Crippen LogP contribution in [0.4, 0.5) is 5.69 Å². The van der Waals surface area contributed by atoms with Gasteiger partial charge in [-0.2, -0.15) is 0 Å². The van der Waals surface area contributed by atoms with Crippen molar-refractivity contribution in [1.29, 1.82) is 0 Å². The third-order valence-electron chi connectivity index (χ3n) is 4.00. The van der Waals surface area contributed by atoms with E-state index in [1.165, 1.54) is 4.31 Å². The first-order valence-corrected chi connectivity index (χ1v) is 9.69. The van der Waals surface area contributed by atoms with Gasteiger partial charge in [-0.25, -0.2) is 12.7 Å².